The van der Waals surface area contributed by atoms with E-state index in [-0.39, 0.29) is 12.4 Å². The molecule has 0 N–H and O–H groups in total. The van der Waals surface area contributed by atoms with E-state index in [1.54, 1.807) is 18.2 Å². The van der Waals surface area contributed by atoms with E-state index in [1.807, 2.05) is 0 Å². The Hall–Kier alpha value is -1.01. The lowest BCUT2D eigenvalue weighted by Crippen LogP contribution is -2.02. The van der Waals surface area contributed by atoms with Crippen LogP contribution in [0, 0.1) is 5.82 Å². The van der Waals surface area contributed by atoms with Crippen molar-refractivity contribution in [3.63, 3.8) is 0 Å². The maximum atomic E-state index is 13.1. The Balaban J connectivity index is 2.30. The molecule has 3 nitrogen and oxygen atoms in total. The van der Waals surface area contributed by atoms with Crippen LogP contribution in [0.1, 0.15) is 5.56 Å². The van der Waals surface area contributed by atoms with Crippen molar-refractivity contribution in [1.82, 2.24) is 0 Å². The standard InChI is InChI=1S/C13H8Cl3FO3S/c14-9-1-3-11(15)8(5-9)7-20-12-4-2-10(17)6-13(12)21(16,18)19/h1-6H,7H2. The van der Waals surface area contributed by atoms with Crippen LogP contribution in [0.5, 0.6) is 5.75 Å². The average Bonchev–Trinajstić information content (AvgIpc) is 2.40. The lowest BCUT2D eigenvalue weighted by Gasteiger charge is -2.11. The minimum Gasteiger partial charge on any atom is -0.487 e. The first-order valence-corrected chi connectivity index (χ1v) is 8.65. The van der Waals surface area contributed by atoms with Crippen LogP contribution in [0.2, 0.25) is 10.0 Å². The Bertz CT molecular complexity index is 778. The van der Waals surface area contributed by atoms with E-state index < -0.39 is 19.8 Å². The van der Waals surface area contributed by atoms with Crippen molar-refractivity contribution < 1.29 is 17.5 Å². The van der Waals surface area contributed by atoms with Gasteiger partial charge in [0, 0.05) is 26.3 Å². The fourth-order valence-electron chi connectivity index (χ4n) is 1.60. The Morgan fingerprint density at radius 1 is 1.10 bits per heavy atom. The van der Waals surface area contributed by atoms with Crippen molar-refractivity contribution in [2.75, 3.05) is 0 Å². The smallest absolute Gasteiger partial charge is 0.265 e. The monoisotopic (exact) mass is 368 g/mol. The van der Waals surface area contributed by atoms with E-state index in [0.717, 1.165) is 12.1 Å². The third-order valence-corrected chi connectivity index (χ3v) is 4.51. The molecule has 2 rings (SSSR count). The zero-order valence-electron chi connectivity index (χ0n) is 10.3. The number of rotatable bonds is 4. The molecule has 0 aliphatic carbocycles. The van der Waals surface area contributed by atoms with Crippen LogP contribution < -0.4 is 4.74 Å². The molecule has 0 radical (unpaired) electrons. The van der Waals surface area contributed by atoms with E-state index in [2.05, 4.69) is 0 Å². The largest absolute Gasteiger partial charge is 0.487 e. The summed E-state index contributed by atoms with van der Waals surface area (Å²) in [5.74, 6) is -0.801. The number of halogens is 4. The Morgan fingerprint density at radius 3 is 2.48 bits per heavy atom. The van der Waals surface area contributed by atoms with Crippen molar-refractivity contribution in [3.8, 4) is 5.75 Å². The van der Waals surface area contributed by atoms with Gasteiger partial charge in [0.25, 0.3) is 9.05 Å². The molecule has 0 bridgehead atoms. The highest BCUT2D eigenvalue weighted by Crippen LogP contribution is 2.29. The van der Waals surface area contributed by atoms with Crippen molar-refractivity contribution in [1.29, 1.82) is 0 Å². The molecule has 0 unspecified atom stereocenters. The highest BCUT2D eigenvalue weighted by Gasteiger charge is 2.18. The third-order valence-electron chi connectivity index (χ3n) is 2.56. The molecular formula is C13H8Cl3FO3S. The first-order chi connectivity index (χ1) is 9.77. The van der Waals surface area contributed by atoms with Gasteiger partial charge in [-0.1, -0.05) is 23.2 Å². The molecule has 0 fully saturated rings. The summed E-state index contributed by atoms with van der Waals surface area (Å²) < 4.78 is 41.3. The van der Waals surface area contributed by atoms with E-state index >= 15 is 0 Å². The topological polar surface area (TPSA) is 43.4 Å². The molecule has 0 amide bonds. The minimum atomic E-state index is -4.13. The number of benzene rings is 2. The summed E-state index contributed by atoms with van der Waals surface area (Å²) in [6, 6.07) is 7.83. The van der Waals surface area contributed by atoms with Crippen molar-refractivity contribution in [3.05, 3.63) is 57.8 Å². The molecular weight excluding hydrogens is 362 g/mol. The van der Waals surface area contributed by atoms with Gasteiger partial charge in [-0.2, -0.15) is 0 Å². The summed E-state index contributed by atoms with van der Waals surface area (Å²) in [7, 11) is 1.12. The normalized spacial score (nSPS) is 11.4. The van der Waals surface area contributed by atoms with Crippen molar-refractivity contribution in [2.45, 2.75) is 11.5 Å². The maximum absolute atomic E-state index is 13.1. The second-order valence-corrected chi connectivity index (χ2v) is 7.43. The zero-order valence-corrected chi connectivity index (χ0v) is 13.4. The van der Waals surface area contributed by atoms with Gasteiger partial charge >= 0.3 is 0 Å². The second kappa shape index (κ2) is 6.40. The quantitative estimate of drug-likeness (QED) is 0.737. The fourth-order valence-corrected chi connectivity index (χ4v) is 2.95. The van der Waals surface area contributed by atoms with E-state index in [4.69, 9.17) is 38.6 Å². The van der Waals surface area contributed by atoms with E-state index in [0.29, 0.717) is 15.6 Å². The van der Waals surface area contributed by atoms with Gasteiger partial charge in [-0.05, 0) is 36.4 Å². The van der Waals surface area contributed by atoms with Crippen LogP contribution in [-0.2, 0) is 15.7 Å². The summed E-state index contributed by atoms with van der Waals surface area (Å²) in [4.78, 5) is -0.442. The molecule has 0 spiro atoms. The molecule has 0 aliphatic heterocycles. The van der Waals surface area contributed by atoms with E-state index in [9.17, 15) is 12.8 Å². The van der Waals surface area contributed by atoms with Crippen molar-refractivity contribution >= 4 is 42.9 Å². The molecule has 0 heterocycles. The van der Waals surface area contributed by atoms with Crippen LogP contribution in [-0.4, -0.2) is 8.42 Å². The average molecular weight is 370 g/mol. The summed E-state index contributed by atoms with van der Waals surface area (Å²) >= 11 is 11.8. The van der Waals surface area contributed by atoms with Gasteiger partial charge in [-0.3, -0.25) is 0 Å². The molecule has 0 aliphatic rings. The lowest BCUT2D eigenvalue weighted by molar-refractivity contribution is 0.297. The van der Waals surface area contributed by atoms with Crippen molar-refractivity contribution in [2.24, 2.45) is 0 Å². The molecule has 0 saturated carbocycles. The zero-order chi connectivity index (χ0) is 15.6. The van der Waals surface area contributed by atoms with Crippen LogP contribution in [0.4, 0.5) is 4.39 Å². The molecule has 0 aromatic heterocycles. The predicted octanol–water partition coefficient (Wildman–Crippen LogP) is 4.64. The molecule has 0 saturated heterocycles. The second-order valence-electron chi connectivity index (χ2n) is 4.05. The predicted molar refractivity (Wildman–Crippen MR) is 80.2 cm³/mol. The van der Waals surface area contributed by atoms with Gasteiger partial charge < -0.3 is 4.74 Å². The van der Waals surface area contributed by atoms with Crippen LogP contribution in [0.25, 0.3) is 0 Å². The molecule has 2 aromatic carbocycles. The molecule has 2 aromatic rings. The lowest BCUT2D eigenvalue weighted by atomic mass is 10.2. The third kappa shape index (κ3) is 4.23. The Kier molecular flexibility index (Phi) is 4.99. The molecule has 21 heavy (non-hydrogen) atoms. The first-order valence-electron chi connectivity index (χ1n) is 5.58. The summed E-state index contributed by atoms with van der Waals surface area (Å²) in [5, 5.41) is 0.874. The Morgan fingerprint density at radius 2 is 1.81 bits per heavy atom. The van der Waals surface area contributed by atoms with Gasteiger partial charge in [-0.15, -0.1) is 0 Å². The summed E-state index contributed by atoms with van der Waals surface area (Å²) in [5.41, 5.74) is 0.561. The molecule has 0 atom stereocenters. The van der Waals surface area contributed by atoms with Gasteiger partial charge in [0.05, 0.1) is 0 Å². The number of hydrogen-bond donors (Lipinski definition) is 0. The highest BCUT2D eigenvalue weighted by atomic mass is 35.7. The first kappa shape index (κ1) is 16.4. The van der Waals surface area contributed by atoms with Crippen LogP contribution in [0.15, 0.2) is 41.3 Å². The van der Waals surface area contributed by atoms with Gasteiger partial charge in [-0.25, -0.2) is 12.8 Å². The van der Waals surface area contributed by atoms with Crippen LogP contribution in [0.3, 0.4) is 0 Å². The van der Waals surface area contributed by atoms with Gasteiger partial charge in [0.15, 0.2) is 0 Å². The maximum Gasteiger partial charge on any atom is 0.265 e. The summed E-state index contributed by atoms with van der Waals surface area (Å²) in [6.45, 7) is -0.0373. The highest BCUT2D eigenvalue weighted by molar-refractivity contribution is 8.13. The number of hydrogen-bond acceptors (Lipinski definition) is 3. The molecule has 112 valence electrons. The SMILES string of the molecule is O=S(=O)(Cl)c1cc(F)ccc1OCc1cc(Cl)ccc1Cl. The Labute approximate surface area is 135 Å². The van der Waals surface area contributed by atoms with Gasteiger partial charge in [0.1, 0.15) is 23.1 Å². The number of ether oxygens (including phenoxy) is 1. The fraction of sp³-hybridized carbons (Fsp3) is 0.0769. The van der Waals surface area contributed by atoms with Crippen LogP contribution >= 0.6 is 33.9 Å². The van der Waals surface area contributed by atoms with Gasteiger partial charge in [0.2, 0.25) is 0 Å². The minimum absolute atomic E-state index is 0.0373. The molecule has 8 heteroatoms. The summed E-state index contributed by atoms with van der Waals surface area (Å²) in [6.07, 6.45) is 0. The van der Waals surface area contributed by atoms with E-state index in [1.165, 1.54) is 6.07 Å².